The highest BCUT2D eigenvalue weighted by molar-refractivity contribution is 5.99. The van der Waals surface area contributed by atoms with Gasteiger partial charge in [-0.3, -0.25) is 52.7 Å². The minimum Gasteiger partial charge on any atom is -0.390 e. The second kappa shape index (κ2) is 38.9. The summed E-state index contributed by atoms with van der Waals surface area (Å²) in [7, 11) is 8.38. The smallest absolute Gasteiger partial charge is 0.246 e. The molecule has 0 aromatic heterocycles. The average Bonchev–Trinajstić information content (AvgIpc) is 1.73. The maximum atomic E-state index is 15.2. The van der Waals surface area contributed by atoms with E-state index in [4.69, 9.17) is 10.3 Å². The van der Waals surface area contributed by atoms with E-state index in [2.05, 4.69) is 31.3 Å². The van der Waals surface area contributed by atoms with Crippen molar-refractivity contribution in [1.82, 2.24) is 55.6 Å². The molecule has 5 N–H and O–H groups in total. The molecule has 518 valence electrons. The third kappa shape index (κ3) is 23.6. The summed E-state index contributed by atoms with van der Waals surface area (Å²) >= 11 is 0. The summed E-state index contributed by atoms with van der Waals surface area (Å²) in [6, 6.07) is -13.1. The lowest BCUT2D eigenvalue weighted by Gasteiger charge is -2.41. The molecule has 1 unspecified atom stereocenters. The molecule has 27 nitrogen and oxygen atoms in total. The SMILES string of the molecule is C/C=C/[C@@H](C)[C@@H](O)[C@H]1C(=O)N[C@@H](CC)C(=O)N(CC)CC(=O)N(C)C([C@@H](C)OCCCCN=[N+]=[N-])C(=O)N[C@@H](C(C)C)C(=O)N(C)[C@@H](CC(C)C)C(=O)N[C@@H](C)C(=O)N[C@H](C)C(=O)N(C)[C@@H](CC(C)C)C(=O)N(C)[C@@H](CC(C)C)C(=O)N(C)[C@@H](C(C)C)C(=O)N1C. The Morgan fingerprint density at radius 2 is 1.04 bits per heavy atom. The van der Waals surface area contributed by atoms with Crippen LogP contribution in [0.5, 0.6) is 0 Å². The highest BCUT2D eigenvalue weighted by Gasteiger charge is 2.46. The maximum Gasteiger partial charge on any atom is 0.246 e. The van der Waals surface area contributed by atoms with E-state index in [0.29, 0.717) is 12.8 Å². The summed E-state index contributed by atoms with van der Waals surface area (Å²) in [5.41, 5.74) is 8.78. The third-order valence-corrected chi connectivity index (χ3v) is 16.8. The number of unbranched alkanes of at least 4 members (excludes halogenated alkanes) is 1. The van der Waals surface area contributed by atoms with Crippen LogP contribution in [0, 0.1) is 35.5 Å². The van der Waals surface area contributed by atoms with Crippen LogP contribution in [0.15, 0.2) is 17.3 Å². The van der Waals surface area contributed by atoms with Gasteiger partial charge in [0, 0.05) is 72.8 Å². The lowest BCUT2D eigenvalue weighted by Crippen LogP contribution is -2.63. The number of carbonyl (C=O) groups excluding carboxylic acids is 11. The minimum absolute atomic E-state index is 0.0191. The first-order valence-corrected chi connectivity index (χ1v) is 32.3. The van der Waals surface area contributed by atoms with E-state index in [-0.39, 0.29) is 63.1 Å². The maximum absolute atomic E-state index is 15.2. The molecule has 0 saturated carbocycles. The molecule has 0 radical (unpaired) electrons. The molecule has 1 heterocycles. The fourth-order valence-electron chi connectivity index (χ4n) is 11.2. The van der Waals surface area contributed by atoms with Gasteiger partial charge in [0.25, 0.3) is 0 Å². The number of aliphatic hydroxyl groups excluding tert-OH is 1. The van der Waals surface area contributed by atoms with Crippen LogP contribution in [0.4, 0.5) is 0 Å². The Morgan fingerprint density at radius 3 is 1.53 bits per heavy atom. The van der Waals surface area contributed by atoms with Crippen LogP contribution in [-0.2, 0) is 57.5 Å². The van der Waals surface area contributed by atoms with Gasteiger partial charge in [-0.15, -0.1) is 0 Å². The molecule has 0 aromatic carbocycles. The molecule has 1 rings (SSSR count). The molecular weight excluding hydrogens is 1170 g/mol. The van der Waals surface area contributed by atoms with Crippen LogP contribution in [0.1, 0.15) is 156 Å². The van der Waals surface area contributed by atoms with Gasteiger partial charge in [-0.25, -0.2) is 0 Å². The highest BCUT2D eigenvalue weighted by Crippen LogP contribution is 2.25. The zero-order valence-corrected chi connectivity index (χ0v) is 58.9. The number of aliphatic hydroxyl groups is 1. The average molecular weight is 1290 g/mol. The quantitative estimate of drug-likeness (QED) is 0.0382. The van der Waals surface area contributed by atoms with Gasteiger partial charge in [-0.2, -0.15) is 0 Å². The molecule has 0 spiro atoms. The predicted octanol–water partition coefficient (Wildman–Crippen LogP) is 3.72. The largest absolute Gasteiger partial charge is 0.390 e. The Hall–Kier alpha value is -6.86. The second-order valence-electron chi connectivity index (χ2n) is 26.4. The normalized spacial score (nSPS) is 26.1. The zero-order valence-electron chi connectivity index (χ0n) is 58.9. The van der Waals surface area contributed by atoms with Crippen molar-refractivity contribution in [2.24, 2.45) is 40.6 Å². The van der Waals surface area contributed by atoms with Crippen LogP contribution in [-0.4, -0.2) is 246 Å². The first-order chi connectivity index (χ1) is 42.3. The molecule has 1 fully saturated rings. The molecule has 1 saturated heterocycles. The Bertz CT molecular complexity index is 2540. The molecule has 91 heavy (non-hydrogen) atoms. The van der Waals surface area contributed by atoms with Gasteiger partial charge in [-0.1, -0.05) is 100 Å². The number of hydrogen-bond donors (Lipinski definition) is 5. The summed E-state index contributed by atoms with van der Waals surface area (Å²) in [6.07, 6.45) is 1.92. The highest BCUT2D eigenvalue weighted by atomic mass is 16.5. The van der Waals surface area contributed by atoms with Gasteiger partial charge >= 0.3 is 0 Å². The number of allylic oxidation sites excluding steroid dienone is 1. The van der Waals surface area contributed by atoms with Gasteiger partial charge < -0.3 is 65.4 Å². The summed E-state index contributed by atoms with van der Waals surface area (Å²) in [5, 5.41) is 26.6. The number of hydrogen-bond acceptors (Lipinski definition) is 14. The number of rotatable bonds is 20. The molecule has 0 aromatic rings. The number of nitrogens with one attached hydrogen (secondary N) is 4. The van der Waals surface area contributed by atoms with Gasteiger partial charge in [0.2, 0.25) is 65.0 Å². The molecule has 11 amide bonds. The lowest BCUT2D eigenvalue weighted by molar-refractivity contribution is -0.157. The third-order valence-electron chi connectivity index (χ3n) is 16.8. The Labute approximate surface area is 541 Å². The molecule has 1 aliphatic rings. The van der Waals surface area contributed by atoms with Crippen LogP contribution in [0.2, 0.25) is 0 Å². The number of azide groups is 1. The van der Waals surface area contributed by atoms with Gasteiger partial charge in [0.05, 0.1) is 18.8 Å². The van der Waals surface area contributed by atoms with Crippen molar-refractivity contribution in [3.05, 3.63) is 22.6 Å². The van der Waals surface area contributed by atoms with Crippen molar-refractivity contribution in [3.8, 4) is 0 Å². The molecule has 0 aliphatic carbocycles. The lowest BCUT2D eigenvalue weighted by atomic mass is 9.93. The van der Waals surface area contributed by atoms with Crippen LogP contribution in [0.25, 0.3) is 10.4 Å². The number of amides is 11. The summed E-state index contributed by atoms with van der Waals surface area (Å²) in [5.74, 6) is -10.4. The number of nitrogens with zero attached hydrogens (tertiary/aromatic N) is 10. The number of likely N-dealkylation sites (N-methyl/N-ethyl adjacent to an activating group) is 7. The summed E-state index contributed by atoms with van der Waals surface area (Å²) in [4.78, 5) is 173. The topological polar surface area (TPSA) is 337 Å². The van der Waals surface area contributed by atoms with Crippen molar-refractivity contribution in [3.63, 3.8) is 0 Å². The van der Waals surface area contributed by atoms with Crippen molar-refractivity contribution in [2.75, 3.05) is 68.5 Å². The van der Waals surface area contributed by atoms with Gasteiger partial charge in [0.1, 0.15) is 60.4 Å². The molecule has 13 atom stereocenters. The first-order valence-electron chi connectivity index (χ1n) is 32.3. The standard InChI is InChI=1S/C64H114N14O13/c1-24-29-41(14)54(80)53-58(84)69-45(25-2)60(86)78(26-3)35-49(79)75(21)52(44(17)91-31-28-27-30-66-71-65)57(83)70-50(39(10)11)63(89)72(18)46(32-36(4)5)56(82)67-42(15)55(81)68-43(16)59(85)73(19)47(33-37(6)7)61(87)74(20)48(34-38(8)9)62(88)76(22)51(40(12)13)64(90)77(53)23/h24,29,36-48,50-54,80H,25-28,30-35H2,1-23H3,(H,67,82)(H,68,81)(H,69,84)(H,70,83)/b29-24+/t41-,42+,43-,44-,45+,46+,47+,48+,50+,51+,52?,53+,54-/m1/s1. The zero-order chi connectivity index (χ0) is 70.2. The summed E-state index contributed by atoms with van der Waals surface area (Å²) in [6.45, 7) is 28.5. The van der Waals surface area contributed by atoms with Crippen molar-refractivity contribution in [1.29, 1.82) is 0 Å². The molecule has 1 aliphatic heterocycles. The van der Waals surface area contributed by atoms with Gasteiger partial charge in [0.15, 0.2) is 0 Å². The van der Waals surface area contributed by atoms with E-state index in [1.165, 1.54) is 80.6 Å². The Morgan fingerprint density at radius 1 is 0.560 bits per heavy atom. The predicted molar refractivity (Wildman–Crippen MR) is 348 cm³/mol. The monoisotopic (exact) mass is 1290 g/mol. The fourth-order valence-corrected chi connectivity index (χ4v) is 11.2. The van der Waals surface area contributed by atoms with E-state index < -0.39 is 162 Å². The molecule has 0 bridgehead atoms. The van der Waals surface area contributed by atoms with E-state index in [0.717, 1.165) is 9.80 Å². The Kier molecular flexibility index (Phi) is 35.1. The fraction of sp³-hybridized carbons (Fsp3) is 0.797. The van der Waals surface area contributed by atoms with Crippen LogP contribution >= 0.6 is 0 Å². The van der Waals surface area contributed by atoms with E-state index in [9.17, 15) is 48.3 Å². The number of ether oxygens (including phenoxy) is 1. The van der Waals surface area contributed by atoms with Crippen molar-refractivity contribution >= 4 is 65.0 Å². The molecular formula is C64H114N14O13. The molecule has 27 heteroatoms. The van der Waals surface area contributed by atoms with Gasteiger partial charge in [-0.05, 0) is 108 Å². The number of carbonyl (C=O) groups is 11. The Balaban J connectivity index is 4.42. The first kappa shape index (κ1) is 82.2. The van der Waals surface area contributed by atoms with E-state index in [1.54, 1.807) is 74.5 Å². The van der Waals surface area contributed by atoms with E-state index >= 15 is 9.59 Å². The van der Waals surface area contributed by atoms with E-state index in [1.807, 2.05) is 41.5 Å². The van der Waals surface area contributed by atoms with Crippen molar-refractivity contribution in [2.45, 2.75) is 229 Å². The second-order valence-corrected chi connectivity index (χ2v) is 26.4. The van der Waals surface area contributed by atoms with Crippen molar-refractivity contribution < 1.29 is 62.6 Å². The van der Waals surface area contributed by atoms with Crippen LogP contribution < -0.4 is 21.3 Å². The minimum atomic E-state index is -1.67. The summed E-state index contributed by atoms with van der Waals surface area (Å²) < 4.78 is 6.14. The van der Waals surface area contributed by atoms with Crippen LogP contribution in [0.3, 0.4) is 0 Å².